The molecule has 0 unspecified atom stereocenters. The molecule has 6 heteroatoms. The lowest BCUT2D eigenvalue weighted by Gasteiger charge is -2.31. The monoisotopic (exact) mass is 260 g/mol. The molecule has 0 aromatic rings. The maximum Gasteiger partial charge on any atom is 0.409 e. The third kappa shape index (κ3) is 5.66. The van der Waals surface area contributed by atoms with Gasteiger partial charge in [-0.3, -0.25) is 0 Å². The van der Waals surface area contributed by atoms with E-state index in [0.29, 0.717) is 25.9 Å². The van der Waals surface area contributed by atoms with Crippen LogP contribution in [0.5, 0.6) is 0 Å². The number of nitrogens with one attached hydrogen (secondary N) is 1. The number of carbonyl (C=O) groups excluding carboxylic acids is 1. The van der Waals surface area contributed by atoms with E-state index in [1.165, 1.54) is 0 Å². The summed E-state index contributed by atoms with van der Waals surface area (Å²) in [7, 11) is 0. The normalized spacial score (nSPS) is 16.9. The SMILES string of the molecule is CCOC(=O)N1CCC(NCCOCCO)CC1. The van der Waals surface area contributed by atoms with Crippen molar-refractivity contribution in [3.05, 3.63) is 0 Å². The van der Waals surface area contributed by atoms with Crippen molar-refractivity contribution in [2.24, 2.45) is 0 Å². The molecule has 1 rings (SSSR count). The van der Waals surface area contributed by atoms with Gasteiger partial charge in [0.15, 0.2) is 0 Å². The van der Waals surface area contributed by atoms with Crippen LogP contribution in [0, 0.1) is 0 Å². The van der Waals surface area contributed by atoms with Gasteiger partial charge in [0.1, 0.15) is 0 Å². The first-order valence-corrected chi connectivity index (χ1v) is 6.61. The second-order valence-electron chi connectivity index (χ2n) is 4.25. The zero-order chi connectivity index (χ0) is 13.2. The number of nitrogens with zero attached hydrogens (tertiary/aromatic N) is 1. The molecule has 106 valence electrons. The second kappa shape index (κ2) is 9.13. The second-order valence-corrected chi connectivity index (χ2v) is 4.25. The lowest BCUT2D eigenvalue weighted by atomic mass is 10.1. The zero-order valence-electron chi connectivity index (χ0n) is 11.1. The Morgan fingerprint density at radius 1 is 1.39 bits per heavy atom. The number of ether oxygens (including phenoxy) is 2. The van der Waals surface area contributed by atoms with Gasteiger partial charge in [-0.05, 0) is 19.8 Å². The van der Waals surface area contributed by atoms with Crippen LogP contribution >= 0.6 is 0 Å². The minimum Gasteiger partial charge on any atom is -0.450 e. The highest BCUT2D eigenvalue weighted by molar-refractivity contribution is 5.67. The van der Waals surface area contributed by atoms with Crippen molar-refractivity contribution < 1.29 is 19.4 Å². The van der Waals surface area contributed by atoms with Crippen LogP contribution in [0.25, 0.3) is 0 Å². The number of piperidine rings is 1. The maximum atomic E-state index is 11.5. The number of likely N-dealkylation sites (tertiary alicyclic amines) is 1. The molecule has 6 nitrogen and oxygen atoms in total. The molecule has 1 amide bonds. The van der Waals surface area contributed by atoms with Gasteiger partial charge in [0.2, 0.25) is 0 Å². The van der Waals surface area contributed by atoms with E-state index in [-0.39, 0.29) is 12.7 Å². The van der Waals surface area contributed by atoms with Crippen molar-refractivity contribution in [3.63, 3.8) is 0 Å². The average Bonchev–Trinajstić information content (AvgIpc) is 2.39. The van der Waals surface area contributed by atoms with Gasteiger partial charge in [-0.2, -0.15) is 0 Å². The van der Waals surface area contributed by atoms with Crippen LogP contribution in [0.4, 0.5) is 4.79 Å². The lowest BCUT2D eigenvalue weighted by molar-refractivity contribution is 0.0849. The highest BCUT2D eigenvalue weighted by Crippen LogP contribution is 2.11. The highest BCUT2D eigenvalue weighted by atomic mass is 16.6. The van der Waals surface area contributed by atoms with Gasteiger partial charge >= 0.3 is 6.09 Å². The molecule has 1 saturated heterocycles. The quantitative estimate of drug-likeness (QED) is 0.640. The first-order valence-electron chi connectivity index (χ1n) is 6.61. The fraction of sp³-hybridized carbons (Fsp3) is 0.917. The molecule has 0 aromatic heterocycles. The van der Waals surface area contributed by atoms with Crippen molar-refractivity contribution >= 4 is 6.09 Å². The predicted octanol–water partition coefficient (Wildman–Crippen LogP) is 0.206. The fourth-order valence-corrected chi connectivity index (χ4v) is 1.98. The Morgan fingerprint density at radius 2 is 2.11 bits per heavy atom. The van der Waals surface area contributed by atoms with Crippen LogP contribution in [0.2, 0.25) is 0 Å². The lowest BCUT2D eigenvalue weighted by Crippen LogP contribution is -2.45. The molecular weight excluding hydrogens is 236 g/mol. The number of hydrogen-bond acceptors (Lipinski definition) is 5. The predicted molar refractivity (Wildman–Crippen MR) is 67.5 cm³/mol. The Morgan fingerprint density at radius 3 is 2.72 bits per heavy atom. The molecule has 18 heavy (non-hydrogen) atoms. The number of carbonyl (C=O) groups is 1. The van der Waals surface area contributed by atoms with Gasteiger partial charge in [0.05, 0.1) is 26.4 Å². The summed E-state index contributed by atoms with van der Waals surface area (Å²) in [6.07, 6.45) is 1.68. The van der Waals surface area contributed by atoms with Gasteiger partial charge in [0.25, 0.3) is 0 Å². The van der Waals surface area contributed by atoms with E-state index >= 15 is 0 Å². The van der Waals surface area contributed by atoms with Crippen LogP contribution < -0.4 is 5.32 Å². The summed E-state index contributed by atoms with van der Waals surface area (Å²) in [5.41, 5.74) is 0. The van der Waals surface area contributed by atoms with E-state index in [9.17, 15) is 4.79 Å². The van der Waals surface area contributed by atoms with Crippen molar-refractivity contribution in [2.75, 3.05) is 46.1 Å². The van der Waals surface area contributed by atoms with Crippen molar-refractivity contribution in [2.45, 2.75) is 25.8 Å². The molecule has 1 heterocycles. The molecule has 0 aromatic carbocycles. The molecule has 0 bridgehead atoms. The van der Waals surface area contributed by atoms with Gasteiger partial charge < -0.3 is 24.8 Å². The van der Waals surface area contributed by atoms with Crippen LogP contribution in [0.15, 0.2) is 0 Å². The van der Waals surface area contributed by atoms with Crippen molar-refractivity contribution in [1.29, 1.82) is 0 Å². The molecule has 0 spiro atoms. The van der Waals surface area contributed by atoms with Crippen molar-refractivity contribution in [1.82, 2.24) is 10.2 Å². The number of rotatable bonds is 7. The molecule has 1 aliphatic rings. The van der Waals surface area contributed by atoms with E-state index in [0.717, 1.165) is 32.5 Å². The summed E-state index contributed by atoms with van der Waals surface area (Å²) < 4.78 is 10.1. The van der Waals surface area contributed by atoms with Crippen LogP contribution in [0.3, 0.4) is 0 Å². The Labute approximate surface area is 108 Å². The average molecular weight is 260 g/mol. The summed E-state index contributed by atoms with van der Waals surface area (Å²) >= 11 is 0. The molecule has 1 aliphatic heterocycles. The van der Waals surface area contributed by atoms with Crippen LogP contribution in [-0.2, 0) is 9.47 Å². The Balaban J connectivity index is 2.06. The standard InChI is InChI=1S/C12H24N2O4/c1-2-18-12(16)14-6-3-11(4-7-14)13-5-9-17-10-8-15/h11,13,15H,2-10H2,1H3. The van der Waals surface area contributed by atoms with E-state index in [1.54, 1.807) is 4.90 Å². The summed E-state index contributed by atoms with van der Waals surface area (Å²) in [5.74, 6) is 0. The van der Waals surface area contributed by atoms with E-state index in [1.807, 2.05) is 6.92 Å². The largest absolute Gasteiger partial charge is 0.450 e. The minimum atomic E-state index is -0.206. The number of aliphatic hydroxyl groups is 1. The van der Waals surface area contributed by atoms with Gasteiger partial charge in [0, 0.05) is 25.7 Å². The Hall–Kier alpha value is -0.850. The van der Waals surface area contributed by atoms with Gasteiger partial charge in [-0.15, -0.1) is 0 Å². The third-order valence-corrected chi connectivity index (χ3v) is 2.94. The first kappa shape index (κ1) is 15.2. The molecule has 1 fully saturated rings. The summed E-state index contributed by atoms with van der Waals surface area (Å²) in [5, 5.41) is 11.9. The fourth-order valence-electron chi connectivity index (χ4n) is 1.98. The molecular formula is C12H24N2O4. The molecule has 0 aliphatic carbocycles. The van der Waals surface area contributed by atoms with Gasteiger partial charge in [-0.1, -0.05) is 0 Å². The summed E-state index contributed by atoms with van der Waals surface area (Å²) in [6.45, 7) is 5.59. The smallest absolute Gasteiger partial charge is 0.409 e. The molecule has 2 N–H and O–H groups in total. The number of aliphatic hydroxyl groups excluding tert-OH is 1. The minimum absolute atomic E-state index is 0.0674. The Kier molecular flexibility index (Phi) is 7.71. The third-order valence-electron chi connectivity index (χ3n) is 2.94. The molecule has 0 radical (unpaired) electrons. The summed E-state index contributed by atoms with van der Waals surface area (Å²) in [6, 6.07) is 0.438. The molecule has 0 atom stereocenters. The summed E-state index contributed by atoms with van der Waals surface area (Å²) in [4.78, 5) is 13.2. The van der Waals surface area contributed by atoms with E-state index < -0.39 is 0 Å². The number of hydrogen-bond donors (Lipinski definition) is 2. The maximum absolute atomic E-state index is 11.5. The zero-order valence-corrected chi connectivity index (χ0v) is 11.1. The highest BCUT2D eigenvalue weighted by Gasteiger charge is 2.22. The topological polar surface area (TPSA) is 71.0 Å². The Bertz CT molecular complexity index is 230. The first-order chi connectivity index (χ1) is 8.77. The number of amides is 1. The van der Waals surface area contributed by atoms with E-state index in [2.05, 4.69) is 5.32 Å². The van der Waals surface area contributed by atoms with E-state index in [4.69, 9.17) is 14.6 Å². The van der Waals surface area contributed by atoms with Crippen LogP contribution in [-0.4, -0.2) is 68.2 Å². The van der Waals surface area contributed by atoms with Crippen molar-refractivity contribution in [3.8, 4) is 0 Å². The van der Waals surface area contributed by atoms with Crippen LogP contribution in [0.1, 0.15) is 19.8 Å². The molecule has 0 saturated carbocycles. The van der Waals surface area contributed by atoms with Gasteiger partial charge in [-0.25, -0.2) is 4.79 Å².